The molecule has 0 N–H and O–H groups in total. The molecule has 10 heavy (non-hydrogen) atoms. The summed E-state index contributed by atoms with van der Waals surface area (Å²) in [7, 11) is 1.41. The summed E-state index contributed by atoms with van der Waals surface area (Å²) < 4.78 is 4.62. The number of carbonyl (C=O) groups excluding carboxylic acids is 1. The van der Waals surface area contributed by atoms with Crippen LogP contribution in [0.15, 0.2) is 0 Å². The Labute approximate surface area is 66.6 Å². The van der Waals surface area contributed by atoms with Crippen molar-refractivity contribution in [2.24, 2.45) is 5.41 Å². The summed E-state index contributed by atoms with van der Waals surface area (Å²) in [5.41, 5.74) is -0.424. The number of thiocarbonyl (C=S) groups is 1. The Hall–Kier alpha value is -0.440. The van der Waals surface area contributed by atoms with Crippen LogP contribution in [0.3, 0.4) is 0 Å². The van der Waals surface area contributed by atoms with Gasteiger partial charge in [0.15, 0.2) is 0 Å². The van der Waals surface area contributed by atoms with Gasteiger partial charge in [-0.2, -0.15) is 0 Å². The molecular formula is C7H12O2S. The molecule has 0 heterocycles. The van der Waals surface area contributed by atoms with Gasteiger partial charge in [-0.1, -0.05) is 20.8 Å². The third-order valence-corrected chi connectivity index (χ3v) is 1.40. The molecule has 3 heteroatoms. The normalized spacial score (nSPS) is 10.8. The summed E-state index contributed by atoms with van der Waals surface area (Å²) >= 11 is 4.65. The lowest BCUT2D eigenvalue weighted by Crippen LogP contribution is -2.28. The summed E-state index contributed by atoms with van der Waals surface area (Å²) in [5.74, 6) is -0.120. The van der Waals surface area contributed by atoms with Crippen LogP contribution in [0.4, 0.5) is 0 Å². The van der Waals surface area contributed by atoms with E-state index in [9.17, 15) is 4.79 Å². The molecule has 0 spiro atoms. The lowest BCUT2D eigenvalue weighted by molar-refractivity contribution is -0.120. The SMILES string of the molecule is COC(=S)C(=O)C(C)(C)C. The van der Waals surface area contributed by atoms with E-state index in [1.54, 1.807) is 20.8 Å². The molecule has 0 aliphatic heterocycles. The third kappa shape index (κ3) is 2.43. The second-order valence-corrected chi connectivity index (χ2v) is 3.44. The first-order valence-electron chi connectivity index (χ1n) is 3.02. The molecular weight excluding hydrogens is 148 g/mol. The maximum absolute atomic E-state index is 11.1. The molecule has 0 aromatic rings. The highest BCUT2D eigenvalue weighted by atomic mass is 32.1. The Morgan fingerprint density at radius 1 is 1.40 bits per heavy atom. The maximum Gasteiger partial charge on any atom is 0.228 e. The topological polar surface area (TPSA) is 26.3 Å². The fraction of sp³-hybridized carbons (Fsp3) is 0.714. The zero-order valence-electron chi connectivity index (χ0n) is 6.72. The molecule has 0 saturated heterocycles. The first-order chi connectivity index (χ1) is 4.39. The summed E-state index contributed by atoms with van der Waals surface area (Å²) in [6.45, 7) is 5.42. The number of Topliss-reactive ketones (excluding diaryl/α,β-unsaturated/α-hetero) is 1. The van der Waals surface area contributed by atoms with Crippen LogP contribution in [0.1, 0.15) is 20.8 Å². The van der Waals surface area contributed by atoms with E-state index in [-0.39, 0.29) is 10.8 Å². The Bertz CT molecular complexity index is 155. The average Bonchev–Trinajstić information content (AvgIpc) is 1.83. The molecule has 0 saturated carbocycles. The van der Waals surface area contributed by atoms with E-state index < -0.39 is 5.41 Å². The smallest absolute Gasteiger partial charge is 0.228 e. The Balaban J connectivity index is 4.24. The van der Waals surface area contributed by atoms with Gasteiger partial charge in [-0.05, 0) is 12.2 Å². The molecule has 0 aliphatic rings. The highest BCUT2D eigenvalue weighted by Gasteiger charge is 2.25. The van der Waals surface area contributed by atoms with Crippen molar-refractivity contribution in [1.29, 1.82) is 0 Å². The van der Waals surface area contributed by atoms with Crippen molar-refractivity contribution < 1.29 is 9.53 Å². The zero-order valence-corrected chi connectivity index (χ0v) is 7.54. The zero-order chi connectivity index (χ0) is 8.36. The van der Waals surface area contributed by atoms with Crippen molar-refractivity contribution >= 4 is 23.1 Å². The van der Waals surface area contributed by atoms with Crippen molar-refractivity contribution in [2.45, 2.75) is 20.8 Å². The van der Waals surface area contributed by atoms with Gasteiger partial charge in [-0.15, -0.1) is 0 Å². The van der Waals surface area contributed by atoms with E-state index in [0.29, 0.717) is 0 Å². The Morgan fingerprint density at radius 3 is 1.90 bits per heavy atom. The lowest BCUT2D eigenvalue weighted by atomic mass is 9.91. The molecule has 58 valence electrons. The number of ether oxygens (including phenoxy) is 1. The van der Waals surface area contributed by atoms with Crippen LogP contribution in [0.25, 0.3) is 0 Å². The molecule has 0 unspecified atom stereocenters. The number of carbonyl (C=O) groups is 1. The van der Waals surface area contributed by atoms with Crippen LogP contribution < -0.4 is 0 Å². The van der Waals surface area contributed by atoms with E-state index in [0.717, 1.165) is 0 Å². The minimum absolute atomic E-state index is 0.0625. The van der Waals surface area contributed by atoms with Gasteiger partial charge in [0.2, 0.25) is 10.8 Å². The van der Waals surface area contributed by atoms with Crippen molar-refractivity contribution in [3.8, 4) is 0 Å². The fourth-order valence-electron chi connectivity index (χ4n) is 0.399. The summed E-state index contributed by atoms with van der Waals surface area (Å²) in [4.78, 5) is 11.1. The molecule has 0 aliphatic carbocycles. The van der Waals surface area contributed by atoms with Crippen LogP contribution in [0.5, 0.6) is 0 Å². The van der Waals surface area contributed by atoms with Gasteiger partial charge < -0.3 is 4.74 Å². The first kappa shape index (κ1) is 9.56. The van der Waals surface area contributed by atoms with E-state index >= 15 is 0 Å². The minimum atomic E-state index is -0.424. The fourth-order valence-corrected chi connectivity index (χ4v) is 0.705. The predicted molar refractivity (Wildman–Crippen MR) is 44.1 cm³/mol. The molecule has 0 atom stereocenters. The van der Waals surface area contributed by atoms with Crippen molar-refractivity contribution in [3.63, 3.8) is 0 Å². The Morgan fingerprint density at radius 2 is 1.80 bits per heavy atom. The van der Waals surface area contributed by atoms with Gasteiger partial charge >= 0.3 is 0 Å². The standard InChI is InChI=1S/C7H12O2S/c1-7(2,3)5(8)6(10)9-4/h1-4H3. The van der Waals surface area contributed by atoms with Crippen LogP contribution in [0, 0.1) is 5.41 Å². The van der Waals surface area contributed by atoms with E-state index in [2.05, 4.69) is 17.0 Å². The molecule has 0 amide bonds. The van der Waals surface area contributed by atoms with Gasteiger partial charge in [-0.25, -0.2) is 0 Å². The number of methoxy groups -OCH3 is 1. The third-order valence-electron chi connectivity index (χ3n) is 1.05. The maximum atomic E-state index is 11.1. The molecule has 0 aromatic carbocycles. The van der Waals surface area contributed by atoms with Crippen molar-refractivity contribution in [3.05, 3.63) is 0 Å². The molecule has 0 rings (SSSR count). The first-order valence-corrected chi connectivity index (χ1v) is 3.43. The number of hydrogen-bond acceptors (Lipinski definition) is 3. The van der Waals surface area contributed by atoms with Gasteiger partial charge in [0, 0.05) is 5.41 Å². The highest BCUT2D eigenvalue weighted by molar-refractivity contribution is 7.81. The summed E-state index contributed by atoms with van der Waals surface area (Å²) in [5, 5.41) is 0.0625. The van der Waals surface area contributed by atoms with Crippen LogP contribution in [-0.4, -0.2) is 17.9 Å². The second kappa shape index (κ2) is 3.10. The summed E-state index contributed by atoms with van der Waals surface area (Å²) in [6.07, 6.45) is 0. The van der Waals surface area contributed by atoms with Gasteiger partial charge in [0.25, 0.3) is 0 Å². The van der Waals surface area contributed by atoms with Gasteiger partial charge in [0.1, 0.15) is 0 Å². The van der Waals surface area contributed by atoms with Gasteiger partial charge in [0.05, 0.1) is 7.11 Å². The number of ketones is 1. The monoisotopic (exact) mass is 160 g/mol. The average molecular weight is 160 g/mol. The van der Waals surface area contributed by atoms with E-state index in [4.69, 9.17) is 0 Å². The summed E-state index contributed by atoms with van der Waals surface area (Å²) in [6, 6.07) is 0. The Kier molecular flexibility index (Phi) is 2.96. The molecule has 0 aromatic heterocycles. The van der Waals surface area contributed by atoms with Crippen molar-refractivity contribution in [2.75, 3.05) is 7.11 Å². The molecule has 0 radical (unpaired) electrons. The largest absolute Gasteiger partial charge is 0.484 e. The second-order valence-electron chi connectivity index (χ2n) is 3.07. The molecule has 0 fully saturated rings. The highest BCUT2D eigenvalue weighted by Crippen LogP contribution is 2.15. The quantitative estimate of drug-likeness (QED) is 0.545. The van der Waals surface area contributed by atoms with Crippen LogP contribution in [-0.2, 0) is 9.53 Å². The molecule has 2 nitrogen and oxygen atoms in total. The van der Waals surface area contributed by atoms with E-state index in [1.807, 2.05) is 0 Å². The van der Waals surface area contributed by atoms with Crippen LogP contribution >= 0.6 is 12.2 Å². The number of hydrogen-bond donors (Lipinski definition) is 0. The molecule has 0 bridgehead atoms. The van der Waals surface area contributed by atoms with E-state index in [1.165, 1.54) is 7.11 Å². The number of rotatable bonds is 1. The minimum Gasteiger partial charge on any atom is -0.484 e. The van der Waals surface area contributed by atoms with Crippen LogP contribution in [0.2, 0.25) is 0 Å². The lowest BCUT2D eigenvalue weighted by Gasteiger charge is -2.15. The van der Waals surface area contributed by atoms with Crippen molar-refractivity contribution in [1.82, 2.24) is 0 Å². The predicted octanol–water partition coefficient (Wildman–Crippen LogP) is 1.58. The van der Waals surface area contributed by atoms with Gasteiger partial charge in [-0.3, -0.25) is 4.79 Å².